The largest absolute Gasteiger partial charge is 0.360 e. The summed E-state index contributed by atoms with van der Waals surface area (Å²) < 4.78 is 6.70. The third-order valence-corrected chi connectivity index (χ3v) is 5.82. The highest BCUT2D eigenvalue weighted by Crippen LogP contribution is 2.25. The van der Waals surface area contributed by atoms with Crippen molar-refractivity contribution in [2.75, 3.05) is 38.0 Å². The molecule has 0 saturated carbocycles. The van der Waals surface area contributed by atoms with Crippen LogP contribution in [0.25, 0.3) is 16.9 Å². The fourth-order valence-corrected chi connectivity index (χ4v) is 4.05. The molecule has 1 aromatic carbocycles. The lowest BCUT2D eigenvalue weighted by Gasteiger charge is -2.34. The first-order valence-electron chi connectivity index (χ1n) is 11.4. The van der Waals surface area contributed by atoms with Gasteiger partial charge in [0.2, 0.25) is 5.91 Å². The lowest BCUT2D eigenvalue weighted by molar-refractivity contribution is -0.117. The number of hydrogen-bond donors (Lipinski definition) is 1. The second-order valence-electron chi connectivity index (χ2n) is 8.35. The van der Waals surface area contributed by atoms with Crippen LogP contribution >= 0.6 is 0 Å². The summed E-state index contributed by atoms with van der Waals surface area (Å²) in [6, 6.07) is 15.1. The number of rotatable bonds is 6. The van der Waals surface area contributed by atoms with Crippen molar-refractivity contribution >= 4 is 17.6 Å². The summed E-state index contributed by atoms with van der Waals surface area (Å²) in [7, 11) is 0. The van der Waals surface area contributed by atoms with Gasteiger partial charge in [0.25, 0.3) is 5.91 Å². The third kappa shape index (κ3) is 5.12. The number of carbonyl (C=O) groups excluding carboxylic acids is 2. The molecule has 5 rings (SSSR count). The van der Waals surface area contributed by atoms with Crippen LogP contribution in [0, 0.1) is 6.92 Å². The van der Waals surface area contributed by atoms with E-state index in [1.165, 1.54) is 0 Å². The Bertz CT molecular complexity index is 1310. The molecule has 4 heterocycles. The van der Waals surface area contributed by atoms with Gasteiger partial charge >= 0.3 is 0 Å². The first-order valence-corrected chi connectivity index (χ1v) is 11.4. The fraction of sp³-hybridized carbons (Fsp3) is 0.240. The summed E-state index contributed by atoms with van der Waals surface area (Å²) in [6.45, 7) is 4.19. The molecule has 2 amide bonds. The van der Waals surface area contributed by atoms with Crippen LogP contribution in [0.5, 0.6) is 0 Å². The van der Waals surface area contributed by atoms with E-state index in [1.54, 1.807) is 36.3 Å². The van der Waals surface area contributed by atoms with Gasteiger partial charge in [-0.2, -0.15) is 5.10 Å². The predicted octanol–water partition coefficient (Wildman–Crippen LogP) is 2.63. The maximum Gasteiger partial charge on any atom is 0.257 e. The van der Waals surface area contributed by atoms with Crippen molar-refractivity contribution in [3.05, 3.63) is 78.4 Å². The van der Waals surface area contributed by atoms with Crippen molar-refractivity contribution in [2.24, 2.45) is 0 Å². The molecule has 1 saturated heterocycles. The zero-order chi connectivity index (χ0) is 24.2. The molecule has 1 aliphatic heterocycles. The first-order chi connectivity index (χ1) is 17.1. The van der Waals surface area contributed by atoms with Crippen molar-refractivity contribution in [3.63, 3.8) is 0 Å². The number of piperazine rings is 1. The van der Waals surface area contributed by atoms with E-state index in [0.717, 1.165) is 11.3 Å². The number of nitrogens with one attached hydrogen (secondary N) is 1. The number of aromatic nitrogens is 4. The van der Waals surface area contributed by atoms with Crippen molar-refractivity contribution in [1.82, 2.24) is 29.7 Å². The molecule has 0 spiro atoms. The van der Waals surface area contributed by atoms with Crippen LogP contribution < -0.4 is 5.32 Å². The topological polar surface area (TPSA) is 109 Å². The number of aryl methyl sites for hydroxylation is 1. The van der Waals surface area contributed by atoms with Crippen LogP contribution in [-0.4, -0.2) is 74.3 Å². The Kier molecular flexibility index (Phi) is 6.36. The lowest BCUT2D eigenvalue weighted by Crippen LogP contribution is -2.50. The number of anilines is 1. The summed E-state index contributed by atoms with van der Waals surface area (Å²) in [5, 5.41) is 11.2. The summed E-state index contributed by atoms with van der Waals surface area (Å²) >= 11 is 0. The Morgan fingerprint density at radius 2 is 1.86 bits per heavy atom. The van der Waals surface area contributed by atoms with E-state index in [0.29, 0.717) is 49.0 Å². The highest BCUT2D eigenvalue weighted by atomic mass is 16.5. The molecule has 1 fully saturated rings. The number of hydrogen-bond acceptors (Lipinski definition) is 7. The van der Waals surface area contributed by atoms with Gasteiger partial charge in [0.1, 0.15) is 11.5 Å². The Hall–Kier alpha value is -4.31. The van der Waals surface area contributed by atoms with Crippen molar-refractivity contribution in [3.8, 4) is 16.9 Å². The second-order valence-corrected chi connectivity index (χ2v) is 8.35. The monoisotopic (exact) mass is 471 g/mol. The SMILES string of the molecule is Cc1cc(NC(=O)CN2CCN(C(=O)c3cn(-c4ccccc4)nc3-c3cccnc3)CC2)no1. The zero-order valence-corrected chi connectivity index (χ0v) is 19.3. The van der Waals surface area contributed by atoms with E-state index in [9.17, 15) is 9.59 Å². The van der Waals surface area contributed by atoms with Crippen LogP contribution in [0.2, 0.25) is 0 Å². The molecule has 0 atom stereocenters. The van der Waals surface area contributed by atoms with E-state index in [2.05, 4.69) is 15.5 Å². The minimum atomic E-state index is -0.166. The molecule has 178 valence electrons. The van der Waals surface area contributed by atoms with Gasteiger partial charge in [-0.15, -0.1) is 0 Å². The average molecular weight is 472 g/mol. The lowest BCUT2D eigenvalue weighted by atomic mass is 10.1. The predicted molar refractivity (Wildman–Crippen MR) is 129 cm³/mol. The standard InChI is InChI=1S/C25H25N7O3/c1-18-14-22(29-35-18)27-23(33)17-30-10-12-31(13-11-30)25(34)21-16-32(20-7-3-2-4-8-20)28-24(21)19-6-5-9-26-15-19/h2-9,14-16H,10-13,17H2,1H3,(H,27,29,33). The first kappa shape index (κ1) is 22.5. The van der Waals surface area contributed by atoms with Gasteiger partial charge < -0.3 is 14.7 Å². The van der Waals surface area contributed by atoms with Crippen molar-refractivity contribution in [2.45, 2.75) is 6.92 Å². The highest BCUT2D eigenvalue weighted by molar-refractivity contribution is 6.00. The molecule has 10 nitrogen and oxygen atoms in total. The smallest absolute Gasteiger partial charge is 0.257 e. The number of pyridine rings is 1. The van der Waals surface area contributed by atoms with Crippen LogP contribution in [0.3, 0.4) is 0 Å². The number of carbonyl (C=O) groups is 2. The second kappa shape index (κ2) is 9.90. The summed E-state index contributed by atoms with van der Waals surface area (Å²) in [6.07, 6.45) is 5.18. The number of benzene rings is 1. The molecule has 35 heavy (non-hydrogen) atoms. The van der Waals surface area contributed by atoms with E-state index in [-0.39, 0.29) is 18.4 Å². The van der Waals surface area contributed by atoms with Gasteiger partial charge in [0.05, 0.1) is 17.8 Å². The molecule has 3 aromatic heterocycles. The van der Waals surface area contributed by atoms with Gasteiger partial charge in [0.15, 0.2) is 5.82 Å². The molecule has 1 N–H and O–H groups in total. The van der Waals surface area contributed by atoms with E-state index in [1.807, 2.05) is 52.3 Å². The van der Waals surface area contributed by atoms with Crippen LogP contribution in [0.15, 0.2) is 71.6 Å². The maximum absolute atomic E-state index is 13.5. The zero-order valence-electron chi connectivity index (χ0n) is 19.3. The maximum atomic E-state index is 13.5. The molecule has 0 radical (unpaired) electrons. The number of nitrogens with zero attached hydrogens (tertiary/aromatic N) is 6. The van der Waals surface area contributed by atoms with Crippen molar-refractivity contribution in [1.29, 1.82) is 0 Å². The summed E-state index contributed by atoms with van der Waals surface area (Å²) in [5.41, 5.74) is 2.77. The quantitative estimate of drug-likeness (QED) is 0.460. The number of amides is 2. The Morgan fingerprint density at radius 3 is 2.54 bits per heavy atom. The minimum Gasteiger partial charge on any atom is -0.360 e. The molecule has 0 bridgehead atoms. The minimum absolute atomic E-state index is 0.0896. The normalized spacial score (nSPS) is 14.1. The molecule has 10 heteroatoms. The molecule has 1 aliphatic rings. The van der Waals surface area contributed by atoms with Gasteiger partial charge in [-0.1, -0.05) is 23.4 Å². The van der Waals surface area contributed by atoms with Crippen molar-refractivity contribution < 1.29 is 14.1 Å². The fourth-order valence-electron chi connectivity index (χ4n) is 4.05. The third-order valence-electron chi connectivity index (χ3n) is 5.82. The van der Waals surface area contributed by atoms with Crippen LogP contribution in [0.1, 0.15) is 16.1 Å². The van der Waals surface area contributed by atoms with Crippen LogP contribution in [0.4, 0.5) is 5.82 Å². The Labute approximate surface area is 202 Å². The molecule has 0 aliphatic carbocycles. The van der Waals surface area contributed by atoms with E-state index < -0.39 is 0 Å². The molecule has 4 aromatic rings. The van der Waals surface area contributed by atoms with Gasteiger partial charge in [-0.05, 0) is 31.2 Å². The molecule has 0 unspecified atom stereocenters. The summed E-state index contributed by atoms with van der Waals surface area (Å²) in [5.74, 6) is 0.780. The Balaban J connectivity index is 1.28. The average Bonchev–Trinajstić information content (AvgIpc) is 3.51. The molecular weight excluding hydrogens is 446 g/mol. The number of para-hydroxylation sites is 1. The van der Waals surface area contributed by atoms with Gasteiger partial charge in [0, 0.05) is 56.4 Å². The van der Waals surface area contributed by atoms with Crippen LogP contribution in [-0.2, 0) is 4.79 Å². The highest BCUT2D eigenvalue weighted by Gasteiger charge is 2.27. The Morgan fingerprint density at radius 1 is 1.06 bits per heavy atom. The molecular formula is C25H25N7O3. The van der Waals surface area contributed by atoms with Gasteiger partial charge in [-0.3, -0.25) is 19.5 Å². The van der Waals surface area contributed by atoms with E-state index >= 15 is 0 Å². The summed E-state index contributed by atoms with van der Waals surface area (Å²) in [4.78, 5) is 33.9. The van der Waals surface area contributed by atoms with Gasteiger partial charge in [-0.25, -0.2) is 4.68 Å². The van der Waals surface area contributed by atoms with E-state index in [4.69, 9.17) is 9.62 Å².